The van der Waals surface area contributed by atoms with Crippen LogP contribution in [-0.2, 0) is 45.4 Å². The van der Waals surface area contributed by atoms with Crippen molar-refractivity contribution in [3.63, 3.8) is 0 Å². The van der Waals surface area contributed by atoms with Crippen LogP contribution in [-0.4, -0.2) is 94.8 Å². The van der Waals surface area contributed by atoms with Crippen LogP contribution in [0.3, 0.4) is 0 Å². The smallest absolute Gasteiger partial charge is 0.319 e. The minimum atomic E-state index is -2.73. The summed E-state index contributed by atoms with van der Waals surface area (Å²) in [5, 5.41) is 0. The van der Waals surface area contributed by atoms with E-state index >= 15 is 0 Å². The van der Waals surface area contributed by atoms with Crippen molar-refractivity contribution in [3.05, 3.63) is 0 Å². The molecular weight excluding hydrogens is 848 g/mol. The number of thioether (sulfide) groups is 2. The maximum atomic E-state index is 12.8. The van der Waals surface area contributed by atoms with Gasteiger partial charge in [0.15, 0.2) is 0 Å². The summed E-state index contributed by atoms with van der Waals surface area (Å²) in [5.74, 6) is 4.60. The summed E-state index contributed by atoms with van der Waals surface area (Å²) >= 11 is 1.85. The van der Waals surface area contributed by atoms with Crippen LogP contribution in [0.4, 0.5) is 0 Å². The normalized spacial score (nSPS) is 14.4. The quantitative estimate of drug-likeness (QED) is 0.0335. The zero-order valence-electron chi connectivity index (χ0n) is 39.8. The van der Waals surface area contributed by atoms with E-state index in [9.17, 15) is 13.7 Å². The number of unbranched alkanes of at least 4 members (excludes halogenated alkanes) is 30. The first kappa shape index (κ1) is 61.4. The highest BCUT2D eigenvalue weighted by Crippen LogP contribution is 2.26. The van der Waals surface area contributed by atoms with E-state index in [-0.39, 0.29) is 25.4 Å². The fourth-order valence-corrected chi connectivity index (χ4v) is 10.7. The molecule has 0 aromatic heterocycles. The molecule has 0 heterocycles. The summed E-state index contributed by atoms with van der Waals surface area (Å²) in [4.78, 5) is 0. The topological polar surface area (TPSA) is 100 Å². The van der Waals surface area contributed by atoms with E-state index in [1.165, 1.54) is 205 Å². The fourth-order valence-electron chi connectivity index (χ4n) is 7.25. The highest BCUT2D eigenvalue weighted by Gasteiger charge is 2.17. The zero-order chi connectivity index (χ0) is 43.8. The summed E-state index contributed by atoms with van der Waals surface area (Å²) in [5.41, 5.74) is 0. The highest BCUT2D eigenvalue weighted by molar-refractivity contribution is 7.99. The van der Waals surface area contributed by atoms with Gasteiger partial charge in [-0.25, -0.2) is 0 Å². The SMILES string of the molecule is CCCCCCCCCCCCCCCCCCSCC(CO[PH](=O)OCC(CSCCCCCCCCCCCCCCCCCC)OCC[S+](C)[O-])OCC[S+](C)[O-]. The first-order valence-electron chi connectivity index (χ1n) is 25.2. The van der Waals surface area contributed by atoms with Gasteiger partial charge in [-0.2, -0.15) is 23.5 Å². The molecule has 7 nitrogen and oxygen atoms in total. The number of rotatable bonds is 52. The maximum absolute atomic E-state index is 12.8. The first-order chi connectivity index (χ1) is 29.4. The van der Waals surface area contributed by atoms with Crippen LogP contribution in [0, 0.1) is 0 Å². The van der Waals surface area contributed by atoms with E-state index in [0.717, 1.165) is 23.0 Å². The van der Waals surface area contributed by atoms with Crippen molar-refractivity contribution in [1.82, 2.24) is 0 Å². The van der Waals surface area contributed by atoms with Crippen LogP contribution in [0.1, 0.15) is 219 Å². The fraction of sp³-hybridized carbons (Fsp3) is 1.00. The predicted octanol–water partition coefficient (Wildman–Crippen LogP) is 14.9. The Morgan fingerprint density at radius 2 is 0.683 bits per heavy atom. The largest absolute Gasteiger partial charge is 0.616 e. The Labute approximate surface area is 389 Å². The molecule has 0 saturated heterocycles. The molecule has 0 aliphatic carbocycles. The second-order valence-corrected chi connectivity index (χ2v) is 23.7. The Bertz CT molecular complexity index is 785. The van der Waals surface area contributed by atoms with E-state index in [4.69, 9.17) is 18.5 Å². The van der Waals surface area contributed by atoms with Gasteiger partial charge in [-0.15, -0.1) is 0 Å². The van der Waals surface area contributed by atoms with Crippen LogP contribution < -0.4 is 0 Å². The summed E-state index contributed by atoms with van der Waals surface area (Å²) < 4.78 is 59.5. The molecule has 0 N–H and O–H groups in total. The number of hydrogen-bond acceptors (Lipinski definition) is 9. The number of hydrogen-bond donors (Lipinski definition) is 0. The van der Waals surface area contributed by atoms with Gasteiger partial charge in [0.25, 0.3) is 0 Å². The molecule has 0 aromatic rings. The third kappa shape index (κ3) is 50.4. The van der Waals surface area contributed by atoms with Crippen molar-refractivity contribution in [2.24, 2.45) is 0 Å². The molecule has 4 atom stereocenters. The molecule has 0 aliphatic heterocycles. The standard InChI is InChI=1S/C48H99O7PS4/c1-5-7-9-11-13-15-17-19-21-23-25-27-29-31-33-35-39-57-45-47(52-37-41-59(3)50)43-54-56(49)55-44-48(53-38-42-60(4)51)46-58-40-36-34-32-30-28-26-24-22-20-18-16-14-12-10-8-6-2/h47-48,56H,5-46H2,1-4H3. The van der Waals surface area contributed by atoms with Crippen LogP contribution in [0.2, 0.25) is 0 Å². The van der Waals surface area contributed by atoms with E-state index < -0.39 is 30.6 Å². The molecule has 0 aliphatic rings. The third-order valence-electron chi connectivity index (χ3n) is 11.1. The lowest BCUT2D eigenvalue weighted by atomic mass is 10.0. The molecule has 4 unspecified atom stereocenters. The molecule has 60 heavy (non-hydrogen) atoms. The minimum absolute atomic E-state index is 0.189. The molecule has 0 amide bonds. The Balaban J connectivity index is 4.15. The summed E-state index contributed by atoms with van der Waals surface area (Å²) in [6.07, 6.45) is 46.8. The van der Waals surface area contributed by atoms with Gasteiger partial charge in [-0.1, -0.05) is 229 Å². The van der Waals surface area contributed by atoms with Gasteiger partial charge in [0.1, 0.15) is 11.5 Å². The summed E-state index contributed by atoms with van der Waals surface area (Å²) in [6.45, 7) is 5.73. The van der Waals surface area contributed by atoms with Crippen molar-refractivity contribution >= 4 is 54.1 Å². The van der Waals surface area contributed by atoms with Crippen molar-refractivity contribution in [3.8, 4) is 0 Å². The van der Waals surface area contributed by atoms with Gasteiger partial charge in [-0.05, 0) is 24.3 Å². The van der Waals surface area contributed by atoms with Crippen LogP contribution in [0.5, 0.6) is 0 Å². The zero-order valence-corrected chi connectivity index (χ0v) is 44.1. The lowest BCUT2D eigenvalue weighted by Crippen LogP contribution is -2.26. The third-order valence-corrected chi connectivity index (χ3v) is 15.8. The average Bonchev–Trinajstić information content (AvgIpc) is 3.23. The Hall–Kier alpha value is 1.39. The molecule has 0 fully saturated rings. The second-order valence-electron chi connectivity index (χ2n) is 17.2. The molecule has 0 saturated carbocycles. The number of ether oxygens (including phenoxy) is 2. The summed E-state index contributed by atoms with van der Waals surface area (Å²) in [7, 11) is -2.73. The molecule has 0 aromatic carbocycles. The van der Waals surface area contributed by atoms with Crippen LogP contribution >= 0.6 is 31.8 Å². The van der Waals surface area contributed by atoms with Gasteiger partial charge < -0.3 is 27.6 Å². The molecule has 0 rings (SSSR count). The van der Waals surface area contributed by atoms with Crippen molar-refractivity contribution < 1.29 is 32.2 Å². The van der Waals surface area contributed by atoms with E-state index in [1.54, 1.807) is 12.5 Å². The Kier molecular flexibility index (Phi) is 52.6. The lowest BCUT2D eigenvalue weighted by molar-refractivity contribution is 0.0266. The minimum Gasteiger partial charge on any atom is -0.616 e. The second kappa shape index (κ2) is 51.4. The van der Waals surface area contributed by atoms with Crippen molar-refractivity contribution in [2.75, 3.05) is 73.5 Å². The van der Waals surface area contributed by atoms with Crippen LogP contribution in [0.25, 0.3) is 0 Å². The van der Waals surface area contributed by atoms with Crippen LogP contribution in [0.15, 0.2) is 0 Å². The highest BCUT2D eigenvalue weighted by atomic mass is 32.2. The van der Waals surface area contributed by atoms with Gasteiger partial charge in [-0.3, -0.25) is 4.57 Å². The van der Waals surface area contributed by atoms with Gasteiger partial charge in [0.2, 0.25) is 0 Å². The Morgan fingerprint density at radius 1 is 0.433 bits per heavy atom. The molecule has 0 radical (unpaired) electrons. The lowest BCUT2D eigenvalue weighted by Gasteiger charge is -2.20. The predicted molar refractivity (Wildman–Crippen MR) is 272 cm³/mol. The molecule has 362 valence electrons. The Morgan fingerprint density at radius 3 is 0.933 bits per heavy atom. The monoisotopic (exact) mass is 947 g/mol. The van der Waals surface area contributed by atoms with Gasteiger partial charge in [0, 0.05) is 11.5 Å². The average molecular weight is 948 g/mol. The summed E-state index contributed by atoms with van der Waals surface area (Å²) in [6, 6.07) is 0. The van der Waals surface area contributed by atoms with E-state index in [2.05, 4.69) is 13.8 Å². The molecule has 0 bridgehead atoms. The first-order valence-corrected chi connectivity index (χ1v) is 32.2. The molecule has 12 heteroatoms. The van der Waals surface area contributed by atoms with Gasteiger partial charge in [0.05, 0.1) is 51.1 Å². The van der Waals surface area contributed by atoms with E-state index in [0.29, 0.717) is 24.7 Å². The molecular formula is C48H99O7PS4. The van der Waals surface area contributed by atoms with Crippen molar-refractivity contribution in [1.29, 1.82) is 0 Å². The van der Waals surface area contributed by atoms with Crippen molar-refractivity contribution in [2.45, 2.75) is 232 Å². The maximum Gasteiger partial charge on any atom is 0.319 e. The van der Waals surface area contributed by atoms with Gasteiger partial charge >= 0.3 is 8.25 Å². The van der Waals surface area contributed by atoms with E-state index in [1.807, 2.05) is 23.5 Å². The molecule has 0 spiro atoms.